The van der Waals surface area contributed by atoms with E-state index in [4.69, 9.17) is 14.2 Å². The molecule has 1 aromatic carbocycles. The Morgan fingerprint density at radius 1 is 1.20 bits per heavy atom. The fourth-order valence-electron chi connectivity index (χ4n) is 4.32. The number of Topliss-reactive ketones (excluding diaryl/α,β-unsaturated/α-hetero) is 1. The summed E-state index contributed by atoms with van der Waals surface area (Å²) in [4.78, 5) is 26.4. The van der Waals surface area contributed by atoms with Gasteiger partial charge in [-0.1, -0.05) is 32.0 Å². The van der Waals surface area contributed by atoms with Crippen LogP contribution in [0.15, 0.2) is 46.8 Å². The number of nitrogens with one attached hydrogen (secondary N) is 1. The number of ether oxygens (including phenoxy) is 3. The molecule has 1 unspecified atom stereocenters. The molecule has 0 amide bonds. The van der Waals surface area contributed by atoms with Gasteiger partial charge in [-0.25, -0.2) is 4.79 Å². The van der Waals surface area contributed by atoms with Gasteiger partial charge in [0, 0.05) is 36.1 Å². The first-order chi connectivity index (χ1) is 14.3. The number of methoxy groups -OCH3 is 1. The van der Waals surface area contributed by atoms with Gasteiger partial charge >= 0.3 is 5.97 Å². The monoisotopic (exact) mass is 413 g/mol. The lowest BCUT2D eigenvalue weighted by Gasteiger charge is -2.39. The summed E-state index contributed by atoms with van der Waals surface area (Å²) in [5, 5.41) is 3.34. The molecule has 2 aliphatic rings. The Balaban J connectivity index is 2.13. The fraction of sp³-hybridized carbons (Fsp3) is 0.500. The lowest BCUT2D eigenvalue weighted by Crippen LogP contribution is -2.39. The summed E-state index contributed by atoms with van der Waals surface area (Å²) in [6.07, 6.45) is 1.18. The normalized spacial score (nSPS) is 20.6. The number of carbonyl (C=O) groups is 2. The maximum absolute atomic E-state index is 13.3. The third kappa shape index (κ3) is 4.43. The number of carbonyl (C=O) groups excluding carboxylic acids is 2. The number of ketones is 1. The average Bonchev–Trinajstić information content (AvgIpc) is 2.66. The van der Waals surface area contributed by atoms with Crippen molar-refractivity contribution < 1.29 is 23.8 Å². The third-order valence-corrected chi connectivity index (χ3v) is 5.51. The van der Waals surface area contributed by atoms with Crippen molar-refractivity contribution in [3.63, 3.8) is 0 Å². The van der Waals surface area contributed by atoms with Crippen molar-refractivity contribution in [3.05, 3.63) is 52.4 Å². The van der Waals surface area contributed by atoms with Gasteiger partial charge in [-0.05, 0) is 31.7 Å². The van der Waals surface area contributed by atoms with E-state index in [1.807, 2.05) is 38.1 Å². The van der Waals surface area contributed by atoms with Gasteiger partial charge in [0.2, 0.25) is 0 Å². The van der Waals surface area contributed by atoms with Crippen LogP contribution in [-0.2, 0) is 19.1 Å². The molecule has 6 nitrogen and oxygen atoms in total. The first-order valence-electron chi connectivity index (χ1n) is 10.4. The van der Waals surface area contributed by atoms with Crippen LogP contribution >= 0.6 is 0 Å². The average molecular weight is 414 g/mol. The Labute approximate surface area is 178 Å². The summed E-state index contributed by atoms with van der Waals surface area (Å²) < 4.78 is 16.3. The number of esters is 1. The Morgan fingerprint density at radius 3 is 2.63 bits per heavy atom. The molecule has 1 heterocycles. The minimum absolute atomic E-state index is 0.0553. The lowest BCUT2D eigenvalue weighted by atomic mass is 9.68. The van der Waals surface area contributed by atoms with E-state index in [2.05, 4.69) is 19.2 Å². The van der Waals surface area contributed by atoms with Gasteiger partial charge in [0.05, 0.1) is 24.7 Å². The van der Waals surface area contributed by atoms with E-state index in [0.29, 0.717) is 42.2 Å². The Hall–Kier alpha value is -2.60. The molecule has 1 aliphatic heterocycles. The number of para-hydroxylation sites is 1. The van der Waals surface area contributed by atoms with Crippen LogP contribution in [0.2, 0.25) is 0 Å². The van der Waals surface area contributed by atoms with E-state index in [1.165, 1.54) is 0 Å². The Bertz CT molecular complexity index is 897. The van der Waals surface area contributed by atoms with Crippen LogP contribution in [0, 0.1) is 5.41 Å². The summed E-state index contributed by atoms with van der Waals surface area (Å²) in [5.74, 6) is -0.244. The molecule has 1 aromatic rings. The molecule has 6 heteroatoms. The summed E-state index contributed by atoms with van der Waals surface area (Å²) in [6, 6.07) is 7.60. The van der Waals surface area contributed by atoms with Crippen LogP contribution in [0.4, 0.5) is 0 Å². The first-order valence-corrected chi connectivity index (χ1v) is 10.4. The number of hydrogen-bond acceptors (Lipinski definition) is 6. The number of allylic oxidation sites excluding steroid dienone is 3. The van der Waals surface area contributed by atoms with E-state index >= 15 is 0 Å². The van der Waals surface area contributed by atoms with Crippen LogP contribution in [0.25, 0.3) is 0 Å². The molecule has 3 rings (SSSR count). The van der Waals surface area contributed by atoms with Crippen molar-refractivity contribution in [3.8, 4) is 5.75 Å². The highest BCUT2D eigenvalue weighted by Crippen LogP contribution is 2.48. The largest absolute Gasteiger partial charge is 0.494 e. The van der Waals surface area contributed by atoms with Crippen molar-refractivity contribution in [1.82, 2.24) is 5.32 Å². The van der Waals surface area contributed by atoms with Gasteiger partial charge in [-0.3, -0.25) is 4.79 Å². The number of hydrogen-bond donors (Lipinski definition) is 1. The molecule has 0 radical (unpaired) electrons. The molecule has 0 saturated heterocycles. The van der Waals surface area contributed by atoms with Crippen molar-refractivity contribution in [2.24, 2.45) is 5.41 Å². The van der Waals surface area contributed by atoms with Gasteiger partial charge in [-0.15, -0.1) is 0 Å². The van der Waals surface area contributed by atoms with E-state index in [9.17, 15) is 9.59 Å². The summed E-state index contributed by atoms with van der Waals surface area (Å²) >= 11 is 0. The van der Waals surface area contributed by atoms with Gasteiger partial charge < -0.3 is 19.5 Å². The summed E-state index contributed by atoms with van der Waals surface area (Å²) in [5.41, 5.74) is 3.36. The van der Waals surface area contributed by atoms with Gasteiger partial charge in [-0.2, -0.15) is 0 Å². The molecule has 0 bridgehead atoms. The maximum Gasteiger partial charge on any atom is 0.336 e. The predicted octanol–water partition coefficient (Wildman–Crippen LogP) is 3.88. The molecule has 1 atom stereocenters. The molecular weight excluding hydrogens is 382 g/mol. The molecule has 162 valence electrons. The first kappa shape index (κ1) is 22.1. The van der Waals surface area contributed by atoms with Gasteiger partial charge in [0.25, 0.3) is 0 Å². The number of dihydropyridines is 1. The zero-order chi connectivity index (χ0) is 21.9. The molecule has 30 heavy (non-hydrogen) atoms. The third-order valence-electron chi connectivity index (χ3n) is 5.51. The van der Waals surface area contributed by atoms with Gasteiger partial charge in [0.1, 0.15) is 12.4 Å². The van der Waals surface area contributed by atoms with Crippen LogP contribution in [0.5, 0.6) is 5.75 Å². The van der Waals surface area contributed by atoms with Crippen molar-refractivity contribution >= 4 is 11.8 Å². The summed E-state index contributed by atoms with van der Waals surface area (Å²) in [6.45, 7) is 8.91. The highest BCUT2D eigenvalue weighted by atomic mass is 16.6. The van der Waals surface area contributed by atoms with Crippen LogP contribution in [0.3, 0.4) is 0 Å². The maximum atomic E-state index is 13.3. The van der Waals surface area contributed by atoms with Crippen LogP contribution in [-0.4, -0.2) is 38.7 Å². The Morgan fingerprint density at radius 2 is 1.93 bits per heavy atom. The zero-order valence-corrected chi connectivity index (χ0v) is 18.5. The van der Waals surface area contributed by atoms with Gasteiger partial charge in [0.15, 0.2) is 5.78 Å². The van der Waals surface area contributed by atoms with E-state index < -0.39 is 11.9 Å². The predicted molar refractivity (Wildman–Crippen MR) is 114 cm³/mol. The van der Waals surface area contributed by atoms with Crippen molar-refractivity contribution in [2.45, 2.75) is 46.5 Å². The minimum Gasteiger partial charge on any atom is -0.494 e. The molecule has 0 spiro atoms. The highest BCUT2D eigenvalue weighted by Gasteiger charge is 2.43. The van der Waals surface area contributed by atoms with Crippen molar-refractivity contribution in [1.29, 1.82) is 0 Å². The van der Waals surface area contributed by atoms with E-state index in [0.717, 1.165) is 17.7 Å². The quantitative estimate of drug-likeness (QED) is 0.540. The molecule has 0 fully saturated rings. The van der Waals surface area contributed by atoms with Crippen LogP contribution < -0.4 is 10.1 Å². The second kappa shape index (κ2) is 9.04. The molecule has 0 saturated carbocycles. The van der Waals surface area contributed by atoms with E-state index in [1.54, 1.807) is 7.11 Å². The second-order valence-corrected chi connectivity index (χ2v) is 8.53. The molecule has 1 N–H and O–H groups in total. The zero-order valence-electron chi connectivity index (χ0n) is 18.5. The highest BCUT2D eigenvalue weighted by molar-refractivity contribution is 6.04. The molecule has 0 aromatic heterocycles. The van der Waals surface area contributed by atoms with E-state index in [-0.39, 0.29) is 17.8 Å². The molecular formula is C24H31NO5. The Kier molecular flexibility index (Phi) is 6.66. The minimum atomic E-state index is -0.525. The fourth-order valence-corrected chi connectivity index (χ4v) is 4.32. The standard InChI is InChI=1S/C24H31NO5/c1-6-29-19-10-8-7-9-16(19)21-20(23(27)30-12-11-28-5)15(2)25-17-13-24(3,4)14-18(26)22(17)21/h7-10,21,25H,6,11-14H2,1-5H3. The number of rotatable bonds is 7. The summed E-state index contributed by atoms with van der Waals surface area (Å²) in [7, 11) is 1.56. The second-order valence-electron chi connectivity index (χ2n) is 8.53. The van der Waals surface area contributed by atoms with Crippen molar-refractivity contribution in [2.75, 3.05) is 26.9 Å². The SMILES string of the molecule is CCOc1ccccc1C1C(C(=O)OCCOC)=C(C)NC2=C1C(=O)CC(C)(C)C2. The lowest BCUT2D eigenvalue weighted by molar-refractivity contribution is -0.140. The number of benzene rings is 1. The van der Waals surface area contributed by atoms with Crippen LogP contribution in [0.1, 0.15) is 52.0 Å². The topological polar surface area (TPSA) is 73.9 Å². The smallest absolute Gasteiger partial charge is 0.336 e. The molecule has 1 aliphatic carbocycles.